The van der Waals surface area contributed by atoms with Crippen LogP contribution in [0.3, 0.4) is 0 Å². The van der Waals surface area contributed by atoms with Crippen LogP contribution in [-0.2, 0) is 14.4 Å². The molecule has 6 atom stereocenters. The molecule has 3 fully saturated rings. The van der Waals surface area contributed by atoms with E-state index >= 15 is 0 Å². The minimum Gasteiger partial charge on any atom is -0.480 e. The van der Waals surface area contributed by atoms with Crippen LogP contribution in [0.2, 0.25) is 0 Å². The van der Waals surface area contributed by atoms with Gasteiger partial charge in [-0.25, -0.2) is 0 Å². The Morgan fingerprint density at radius 1 is 1.13 bits per heavy atom. The number of nitrogens with zero attached hydrogens (tertiary/aromatic N) is 2. The van der Waals surface area contributed by atoms with Gasteiger partial charge in [-0.15, -0.1) is 0 Å². The van der Waals surface area contributed by atoms with E-state index in [0.717, 1.165) is 50.9 Å². The molecule has 0 aromatic heterocycles. The van der Waals surface area contributed by atoms with Gasteiger partial charge < -0.3 is 14.9 Å². The summed E-state index contributed by atoms with van der Waals surface area (Å²) in [5.74, 6) is 0.918. The summed E-state index contributed by atoms with van der Waals surface area (Å²) < 4.78 is 0. The molecule has 6 nitrogen and oxygen atoms in total. The van der Waals surface area contributed by atoms with Crippen molar-refractivity contribution < 1.29 is 19.5 Å². The normalized spacial score (nSPS) is 39.3. The Labute approximate surface area is 186 Å². The average Bonchev–Trinajstić information content (AvgIpc) is 3.07. The van der Waals surface area contributed by atoms with Crippen LogP contribution in [0.4, 0.5) is 0 Å². The SMILES string of the molecule is CCN(CC)C(=O)[C@H]1CCC2C3CN(CC(=O)O)C4=CC(=O)CC[C@]4(C)C3CC[C@@]21C. The number of likely N-dealkylation sites (tertiary alicyclic amines) is 1. The van der Waals surface area contributed by atoms with Crippen molar-refractivity contribution in [2.24, 2.45) is 34.5 Å². The van der Waals surface area contributed by atoms with E-state index in [9.17, 15) is 19.5 Å². The number of carbonyl (C=O) groups excluding carboxylic acids is 2. The number of hydrogen-bond acceptors (Lipinski definition) is 4. The summed E-state index contributed by atoms with van der Waals surface area (Å²) in [7, 11) is 0. The highest BCUT2D eigenvalue weighted by Crippen LogP contribution is 2.65. The Morgan fingerprint density at radius 2 is 1.84 bits per heavy atom. The maximum absolute atomic E-state index is 13.4. The highest BCUT2D eigenvalue weighted by molar-refractivity contribution is 5.91. The van der Waals surface area contributed by atoms with Crippen molar-refractivity contribution in [2.75, 3.05) is 26.2 Å². The van der Waals surface area contributed by atoms with Gasteiger partial charge in [0.25, 0.3) is 0 Å². The molecule has 31 heavy (non-hydrogen) atoms. The van der Waals surface area contributed by atoms with E-state index in [4.69, 9.17) is 0 Å². The zero-order chi connectivity index (χ0) is 22.6. The molecule has 1 amide bonds. The number of amides is 1. The van der Waals surface area contributed by atoms with Gasteiger partial charge in [0.2, 0.25) is 5.91 Å². The van der Waals surface area contributed by atoms with E-state index in [-0.39, 0.29) is 29.1 Å². The molecule has 0 radical (unpaired) electrons. The predicted octanol–water partition coefficient (Wildman–Crippen LogP) is 3.57. The number of carboxylic acids is 1. The van der Waals surface area contributed by atoms with Crippen LogP contribution in [0.15, 0.2) is 11.8 Å². The highest BCUT2D eigenvalue weighted by Gasteiger charge is 2.61. The Morgan fingerprint density at radius 3 is 2.48 bits per heavy atom. The van der Waals surface area contributed by atoms with Crippen molar-refractivity contribution in [3.63, 3.8) is 0 Å². The van der Waals surface area contributed by atoms with Crippen molar-refractivity contribution >= 4 is 17.7 Å². The summed E-state index contributed by atoms with van der Waals surface area (Å²) >= 11 is 0. The standard InChI is InChI=1S/C25H38N2O4/c1-5-26(6-2)23(31)20-8-7-18-17-14-27(15-22(29)30)21-13-16(28)9-11-25(21,4)19(17)10-12-24(18,20)3/h13,17-20H,5-12,14-15H2,1-4H3,(H,29,30)/t17?,18?,19?,20-,24+,25-/m1/s1. The predicted molar refractivity (Wildman–Crippen MR) is 118 cm³/mol. The number of rotatable bonds is 5. The number of hydrogen-bond donors (Lipinski definition) is 1. The Hall–Kier alpha value is -1.85. The quantitative estimate of drug-likeness (QED) is 0.721. The van der Waals surface area contributed by atoms with Gasteiger partial charge in [0.1, 0.15) is 6.54 Å². The maximum atomic E-state index is 13.4. The van der Waals surface area contributed by atoms with E-state index in [1.54, 1.807) is 6.08 Å². The second kappa shape index (κ2) is 7.93. The average molecular weight is 431 g/mol. The van der Waals surface area contributed by atoms with Gasteiger partial charge in [-0.2, -0.15) is 0 Å². The Bertz CT molecular complexity index is 803. The molecular formula is C25H38N2O4. The van der Waals surface area contributed by atoms with Crippen molar-refractivity contribution in [2.45, 2.75) is 66.2 Å². The van der Waals surface area contributed by atoms with E-state index in [1.807, 2.05) is 9.80 Å². The summed E-state index contributed by atoms with van der Waals surface area (Å²) in [5.41, 5.74) is 0.789. The molecule has 0 spiro atoms. The number of carbonyl (C=O) groups is 3. The molecule has 1 aliphatic heterocycles. The first-order valence-electron chi connectivity index (χ1n) is 12.2. The van der Waals surface area contributed by atoms with Gasteiger partial charge in [-0.3, -0.25) is 14.4 Å². The lowest BCUT2D eigenvalue weighted by atomic mass is 9.49. The molecule has 0 bridgehead atoms. The lowest BCUT2D eigenvalue weighted by molar-refractivity contribution is -0.145. The Kier molecular flexibility index (Phi) is 5.72. The third kappa shape index (κ3) is 3.41. The monoisotopic (exact) mass is 430 g/mol. The third-order valence-electron chi connectivity index (χ3n) is 9.50. The number of carboxylic acid groups (broad SMARTS) is 1. The fraction of sp³-hybridized carbons (Fsp3) is 0.800. The molecule has 2 saturated carbocycles. The lowest BCUT2D eigenvalue weighted by Gasteiger charge is -2.60. The fourth-order valence-electron chi connectivity index (χ4n) is 7.89. The summed E-state index contributed by atoms with van der Waals surface area (Å²) in [5, 5.41) is 9.57. The van der Waals surface area contributed by atoms with Gasteiger partial charge in [-0.05, 0) is 69.1 Å². The summed E-state index contributed by atoms with van der Waals surface area (Å²) in [6.07, 6.45) is 7.18. The van der Waals surface area contributed by atoms with Crippen LogP contribution >= 0.6 is 0 Å². The van der Waals surface area contributed by atoms with Gasteiger partial charge >= 0.3 is 5.97 Å². The first-order chi connectivity index (χ1) is 14.7. The molecule has 0 aromatic rings. The maximum Gasteiger partial charge on any atom is 0.323 e. The smallest absolute Gasteiger partial charge is 0.323 e. The summed E-state index contributed by atoms with van der Waals surface area (Å²) in [4.78, 5) is 41.2. The topological polar surface area (TPSA) is 77.9 Å². The minimum absolute atomic E-state index is 0.0161. The van der Waals surface area contributed by atoms with E-state index in [0.29, 0.717) is 36.6 Å². The number of aliphatic carboxylic acids is 1. The third-order valence-corrected chi connectivity index (χ3v) is 9.50. The molecule has 172 valence electrons. The number of allylic oxidation sites excluding steroid dienone is 2. The minimum atomic E-state index is -0.848. The zero-order valence-corrected chi connectivity index (χ0v) is 19.5. The van der Waals surface area contributed by atoms with E-state index in [2.05, 4.69) is 27.7 Å². The van der Waals surface area contributed by atoms with Gasteiger partial charge in [0.05, 0.1) is 0 Å². The molecule has 3 unspecified atom stereocenters. The lowest BCUT2D eigenvalue weighted by Crippen LogP contribution is -2.59. The molecule has 4 rings (SSSR count). The van der Waals surface area contributed by atoms with Crippen LogP contribution < -0.4 is 0 Å². The first kappa shape index (κ1) is 22.3. The number of piperidine rings is 1. The van der Waals surface area contributed by atoms with E-state index in [1.165, 1.54) is 0 Å². The zero-order valence-electron chi connectivity index (χ0n) is 19.5. The molecule has 0 aromatic carbocycles. The van der Waals surface area contributed by atoms with Gasteiger partial charge in [0.15, 0.2) is 5.78 Å². The molecule has 1 saturated heterocycles. The second-order valence-corrected chi connectivity index (χ2v) is 10.7. The van der Waals surface area contributed by atoms with Gasteiger partial charge in [-0.1, -0.05) is 13.8 Å². The summed E-state index contributed by atoms with van der Waals surface area (Å²) in [6.45, 7) is 10.8. The van der Waals surface area contributed by atoms with Gasteiger partial charge in [0, 0.05) is 49.2 Å². The van der Waals surface area contributed by atoms with Crippen LogP contribution in [0.25, 0.3) is 0 Å². The molecule has 1 heterocycles. The van der Waals surface area contributed by atoms with Crippen LogP contribution in [0.5, 0.6) is 0 Å². The highest BCUT2D eigenvalue weighted by atomic mass is 16.4. The van der Waals surface area contributed by atoms with Crippen molar-refractivity contribution in [3.05, 3.63) is 11.8 Å². The van der Waals surface area contributed by atoms with Crippen LogP contribution in [0.1, 0.15) is 66.2 Å². The van der Waals surface area contributed by atoms with Crippen LogP contribution in [-0.4, -0.2) is 58.7 Å². The first-order valence-corrected chi connectivity index (χ1v) is 12.2. The molecule has 4 aliphatic rings. The molecule has 1 N–H and O–H groups in total. The molecule has 6 heteroatoms. The largest absolute Gasteiger partial charge is 0.480 e. The number of ketones is 1. The second-order valence-electron chi connectivity index (χ2n) is 10.7. The van der Waals surface area contributed by atoms with E-state index < -0.39 is 5.97 Å². The van der Waals surface area contributed by atoms with Crippen molar-refractivity contribution in [1.82, 2.24) is 9.80 Å². The number of fused-ring (bicyclic) bond motifs is 5. The van der Waals surface area contributed by atoms with Crippen molar-refractivity contribution in [3.8, 4) is 0 Å². The summed E-state index contributed by atoms with van der Waals surface area (Å²) in [6, 6.07) is 0. The Balaban J connectivity index is 1.67. The fourth-order valence-corrected chi connectivity index (χ4v) is 7.89. The van der Waals surface area contributed by atoms with Crippen LogP contribution in [0, 0.1) is 34.5 Å². The van der Waals surface area contributed by atoms with Crippen molar-refractivity contribution in [1.29, 1.82) is 0 Å². The molecular weight excluding hydrogens is 392 g/mol. The molecule has 3 aliphatic carbocycles.